The van der Waals surface area contributed by atoms with Crippen molar-refractivity contribution < 1.29 is 4.74 Å². The first kappa shape index (κ1) is 48.5. The summed E-state index contributed by atoms with van der Waals surface area (Å²) >= 11 is 0. The SMILES string of the molecule is CC(C)(C)c1cc(-c2ccccc2)c(N2CN(c3cc(Oc4ccc5c6ccccc6n(-c6cc(C7c8ccccc8-c8ccccc87)ccn6)c5c4)cc(-n4c5ccccc5c5ccccc54)c3)c3ccccc32)c(-c2ccccc2)c1. The molecule has 0 saturated heterocycles. The molecule has 1 aliphatic carbocycles. The van der Waals surface area contributed by atoms with Crippen LogP contribution in [0.5, 0.6) is 11.5 Å². The largest absolute Gasteiger partial charge is 0.457 e. The molecule has 0 spiro atoms. The van der Waals surface area contributed by atoms with Gasteiger partial charge >= 0.3 is 0 Å². The molecule has 0 unspecified atom stereocenters. The topological polar surface area (TPSA) is 38.5 Å². The van der Waals surface area contributed by atoms with Crippen molar-refractivity contribution >= 4 is 66.4 Å². The Balaban J connectivity index is 0.863. The molecule has 396 valence electrons. The lowest BCUT2D eigenvalue weighted by atomic mass is 9.82. The fourth-order valence-corrected chi connectivity index (χ4v) is 13.4. The van der Waals surface area contributed by atoms with Gasteiger partial charge in [0.15, 0.2) is 0 Å². The van der Waals surface area contributed by atoms with Crippen molar-refractivity contribution in [2.45, 2.75) is 32.1 Å². The average molecular weight is 1070 g/mol. The summed E-state index contributed by atoms with van der Waals surface area (Å²) in [5, 5.41) is 4.69. The Kier molecular flexibility index (Phi) is 11.2. The number of ether oxygens (including phenoxy) is 1. The van der Waals surface area contributed by atoms with Crippen LogP contribution in [-0.4, -0.2) is 20.8 Å². The molecule has 2 aliphatic rings. The van der Waals surface area contributed by atoms with Crippen LogP contribution in [0.15, 0.2) is 273 Å². The van der Waals surface area contributed by atoms with E-state index in [4.69, 9.17) is 9.72 Å². The zero-order valence-corrected chi connectivity index (χ0v) is 46.4. The molecule has 0 bridgehead atoms. The summed E-state index contributed by atoms with van der Waals surface area (Å²) in [5.74, 6) is 2.40. The first-order valence-corrected chi connectivity index (χ1v) is 28.7. The smallest absolute Gasteiger partial charge is 0.137 e. The molecule has 14 aromatic rings. The molecule has 0 amide bonds. The fraction of sp³-hybridized carbons (Fsp3) is 0.0779. The second-order valence-electron chi connectivity index (χ2n) is 23.1. The van der Waals surface area contributed by atoms with Crippen molar-refractivity contribution in [1.29, 1.82) is 0 Å². The second-order valence-corrected chi connectivity index (χ2v) is 23.1. The summed E-state index contributed by atoms with van der Waals surface area (Å²) in [7, 11) is 0. The van der Waals surface area contributed by atoms with Gasteiger partial charge in [-0.1, -0.05) is 197 Å². The summed E-state index contributed by atoms with van der Waals surface area (Å²) in [6.45, 7) is 7.49. The van der Waals surface area contributed by atoms with Crippen LogP contribution in [0, 0.1) is 0 Å². The van der Waals surface area contributed by atoms with E-state index < -0.39 is 0 Å². The monoisotopic (exact) mass is 1070 g/mol. The fourth-order valence-electron chi connectivity index (χ4n) is 13.4. The highest BCUT2D eigenvalue weighted by atomic mass is 16.5. The van der Waals surface area contributed by atoms with Gasteiger partial charge in [-0.05, 0) is 123 Å². The second kappa shape index (κ2) is 19.1. The maximum atomic E-state index is 7.33. The Morgan fingerprint density at radius 2 is 0.904 bits per heavy atom. The van der Waals surface area contributed by atoms with Gasteiger partial charge < -0.3 is 19.1 Å². The van der Waals surface area contributed by atoms with Crippen LogP contribution in [0.4, 0.5) is 22.7 Å². The van der Waals surface area contributed by atoms with Crippen LogP contribution in [0.2, 0.25) is 0 Å². The third kappa shape index (κ3) is 7.96. The van der Waals surface area contributed by atoms with Crippen molar-refractivity contribution in [1.82, 2.24) is 14.1 Å². The Labute approximate surface area is 483 Å². The third-order valence-corrected chi connectivity index (χ3v) is 17.2. The molecule has 3 aromatic heterocycles. The van der Waals surface area contributed by atoms with Gasteiger partial charge in [-0.3, -0.25) is 4.57 Å². The molecular formula is C77H57N5O. The van der Waals surface area contributed by atoms with Gasteiger partial charge in [-0.25, -0.2) is 4.98 Å². The number of pyridine rings is 1. The number of nitrogens with zero attached hydrogens (tertiary/aromatic N) is 5. The summed E-state index contributed by atoms with van der Waals surface area (Å²) in [5.41, 5.74) is 22.2. The van der Waals surface area contributed by atoms with E-state index in [1.165, 1.54) is 72.1 Å². The van der Waals surface area contributed by atoms with Crippen LogP contribution >= 0.6 is 0 Å². The summed E-state index contributed by atoms with van der Waals surface area (Å²) in [6.07, 6.45) is 1.97. The van der Waals surface area contributed by atoms with Crippen molar-refractivity contribution in [3.8, 4) is 56.4 Å². The highest BCUT2D eigenvalue weighted by molar-refractivity contribution is 6.11. The number of aromatic nitrogens is 3. The van der Waals surface area contributed by atoms with Crippen molar-refractivity contribution in [2.75, 3.05) is 16.5 Å². The van der Waals surface area contributed by atoms with E-state index in [2.05, 4.69) is 307 Å². The van der Waals surface area contributed by atoms with Crippen molar-refractivity contribution in [3.63, 3.8) is 0 Å². The molecule has 4 heterocycles. The quantitative estimate of drug-likeness (QED) is 0.144. The molecule has 0 saturated carbocycles. The van der Waals surface area contributed by atoms with Gasteiger partial charge in [0.2, 0.25) is 0 Å². The Morgan fingerprint density at radius 3 is 1.51 bits per heavy atom. The zero-order valence-electron chi connectivity index (χ0n) is 46.4. The van der Waals surface area contributed by atoms with E-state index in [0.29, 0.717) is 6.67 Å². The number of hydrogen-bond donors (Lipinski definition) is 0. The Morgan fingerprint density at radius 1 is 0.398 bits per heavy atom. The number of para-hydroxylation sites is 5. The highest BCUT2D eigenvalue weighted by Gasteiger charge is 2.34. The summed E-state index contributed by atoms with van der Waals surface area (Å²) in [6, 6.07) is 97.0. The minimum atomic E-state index is -0.0939. The molecule has 6 heteroatoms. The first-order valence-electron chi connectivity index (χ1n) is 28.7. The number of hydrogen-bond acceptors (Lipinski definition) is 4. The van der Waals surface area contributed by atoms with Gasteiger partial charge in [-0.15, -0.1) is 0 Å². The number of rotatable bonds is 9. The zero-order chi connectivity index (χ0) is 55.3. The molecule has 6 nitrogen and oxygen atoms in total. The summed E-state index contributed by atoms with van der Waals surface area (Å²) in [4.78, 5) is 10.1. The Hall–Kier alpha value is -10.4. The summed E-state index contributed by atoms with van der Waals surface area (Å²) < 4.78 is 12.0. The molecule has 16 rings (SSSR count). The van der Waals surface area contributed by atoms with E-state index >= 15 is 0 Å². The molecule has 0 N–H and O–H groups in total. The molecular weight excluding hydrogens is 1010 g/mol. The predicted octanol–water partition coefficient (Wildman–Crippen LogP) is 20.1. The molecule has 83 heavy (non-hydrogen) atoms. The van der Waals surface area contributed by atoms with Crippen LogP contribution in [0.1, 0.15) is 48.9 Å². The van der Waals surface area contributed by atoms with Crippen LogP contribution in [0.3, 0.4) is 0 Å². The van der Waals surface area contributed by atoms with E-state index in [1.807, 2.05) is 6.20 Å². The Bertz CT molecular complexity index is 4710. The maximum absolute atomic E-state index is 7.33. The maximum Gasteiger partial charge on any atom is 0.137 e. The van der Waals surface area contributed by atoms with E-state index in [9.17, 15) is 0 Å². The van der Waals surface area contributed by atoms with E-state index in [0.717, 1.165) is 72.9 Å². The lowest BCUT2D eigenvalue weighted by molar-refractivity contribution is 0.483. The van der Waals surface area contributed by atoms with Crippen LogP contribution < -0.4 is 14.5 Å². The number of fused-ring (bicyclic) bond motifs is 10. The first-order chi connectivity index (χ1) is 40.8. The number of anilines is 4. The molecule has 0 radical (unpaired) electrons. The van der Waals surface area contributed by atoms with E-state index in [-0.39, 0.29) is 11.3 Å². The van der Waals surface area contributed by atoms with Gasteiger partial charge in [0.05, 0.1) is 44.8 Å². The van der Waals surface area contributed by atoms with Crippen molar-refractivity contribution in [3.05, 3.63) is 295 Å². The minimum Gasteiger partial charge on any atom is -0.457 e. The van der Waals surface area contributed by atoms with Crippen molar-refractivity contribution in [2.24, 2.45) is 0 Å². The van der Waals surface area contributed by atoms with Gasteiger partial charge in [0, 0.05) is 68.7 Å². The predicted molar refractivity (Wildman–Crippen MR) is 344 cm³/mol. The van der Waals surface area contributed by atoms with Crippen LogP contribution in [-0.2, 0) is 5.41 Å². The van der Waals surface area contributed by atoms with Gasteiger partial charge in [0.25, 0.3) is 0 Å². The normalized spacial score (nSPS) is 13.1. The highest BCUT2D eigenvalue weighted by Crippen LogP contribution is 2.53. The third-order valence-electron chi connectivity index (χ3n) is 17.2. The molecule has 11 aromatic carbocycles. The lowest BCUT2D eigenvalue weighted by Gasteiger charge is -2.30. The van der Waals surface area contributed by atoms with Gasteiger partial charge in [-0.2, -0.15) is 0 Å². The van der Waals surface area contributed by atoms with Crippen LogP contribution in [0.25, 0.3) is 88.5 Å². The molecule has 0 fully saturated rings. The lowest BCUT2D eigenvalue weighted by Crippen LogP contribution is -2.25. The average Bonchev–Trinajstić information content (AvgIpc) is 3.29. The standard InChI is InChI=1S/C77H57N5O/c1-77(2,3)53-43-66(50-22-6-4-7-23-50)76(67(44-53)51-24-8-5-9-25-51)80-49-79(71-36-20-21-37-72(71)80)54-45-55(81-68-33-17-14-28-60(68)61-29-15-18-34-69(61)81)47-57(46-54)83-56-38-39-63-62-30-16-19-35-70(62)82(73(63)48-56)74-42-52(40-41-78-74)75-64-31-12-10-26-58(64)59-27-11-13-32-65(59)75/h4-48,75H,49H2,1-3H3. The van der Waals surface area contributed by atoms with E-state index in [1.54, 1.807) is 0 Å². The minimum absolute atomic E-state index is 0.0904. The molecule has 1 aliphatic heterocycles. The van der Waals surface area contributed by atoms with Gasteiger partial charge in [0.1, 0.15) is 24.0 Å². The number of benzene rings is 11. The molecule has 0 atom stereocenters.